The Kier molecular flexibility index (Phi) is 2.83. The summed E-state index contributed by atoms with van der Waals surface area (Å²) in [7, 11) is 0. The van der Waals surface area contributed by atoms with Gasteiger partial charge in [0.2, 0.25) is 0 Å². The third-order valence-electron chi connectivity index (χ3n) is 3.60. The van der Waals surface area contributed by atoms with Gasteiger partial charge in [-0.3, -0.25) is 0 Å². The maximum absolute atomic E-state index is 11.2. The van der Waals surface area contributed by atoms with Crippen LogP contribution in [0.15, 0.2) is 23.0 Å². The van der Waals surface area contributed by atoms with Crippen molar-refractivity contribution < 1.29 is 0 Å². The van der Waals surface area contributed by atoms with E-state index in [1.165, 1.54) is 6.42 Å². The number of hydrogen-bond acceptors (Lipinski definition) is 3. The standard InChI is InChI=1S/C13H18N4O/c14-8-2-1-3-9(6-8)15-10-4-5-11-12(7-10)17-13(18)16-11/h4-5,7-9,15H,1-3,6,14H2,(H2,16,17,18). The van der Waals surface area contributed by atoms with Crippen molar-refractivity contribution in [2.45, 2.75) is 37.8 Å². The lowest BCUT2D eigenvalue weighted by atomic mass is 9.91. The summed E-state index contributed by atoms with van der Waals surface area (Å²) < 4.78 is 0. The lowest BCUT2D eigenvalue weighted by Gasteiger charge is -2.28. The normalized spacial score (nSPS) is 24.3. The van der Waals surface area contributed by atoms with E-state index in [1.807, 2.05) is 18.2 Å². The molecule has 1 aliphatic carbocycles. The van der Waals surface area contributed by atoms with Crippen molar-refractivity contribution in [2.75, 3.05) is 5.32 Å². The van der Waals surface area contributed by atoms with Gasteiger partial charge in [0.05, 0.1) is 11.0 Å². The highest BCUT2D eigenvalue weighted by Gasteiger charge is 2.18. The molecular formula is C13H18N4O. The summed E-state index contributed by atoms with van der Waals surface area (Å²) in [6, 6.07) is 6.63. The fourth-order valence-electron chi connectivity index (χ4n) is 2.72. The highest BCUT2D eigenvalue weighted by atomic mass is 16.1. The van der Waals surface area contributed by atoms with E-state index in [2.05, 4.69) is 15.3 Å². The van der Waals surface area contributed by atoms with Gasteiger partial charge < -0.3 is 21.0 Å². The molecule has 1 aromatic heterocycles. The first-order chi connectivity index (χ1) is 8.70. The predicted molar refractivity (Wildman–Crippen MR) is 72.8 cm³/mol. The van der Waals surface area contributed by atoms with Crippen LogP contribution in [-0.2, 0) is 0 Å². The number of fused-ring (bicyclic) bond motifs is 1. The van der Waals surface area contributed by atoms with E-state index < -0.39 is 0 Å². The van der Waals surface area contributed by atoms with Gasteiger partial charge in [-0.05, 0) is 43.9 Å². The van der Waals surface area contributed by atoms with E-state index >= 15 is 0 Å². The van der Waals surface area contributed by atoms with E-state index in [0.717, 1.165) is 36.0 Å². The largest absolute Gasteiger partial charge is 0.382 e. The van der Waals surface area contributed by atoms with Crippen molar-refractivity contribution in [2.24, 2.45) is 5.73 Å². The third-order valence-corrected chi connectivity index (χ3v) is 3.60. The molecule has 1 heterocycles. The maximum atomic E-state index is 11.2. The van der Waals surface area contributed by atoms with Gasteiger partial charge in [0, 0.05) is 17.8 Å². The molecule has 2 atom stereocenters. The zero-order chi connectivity index (χ0) is 12.5. The first-order valence-corrected chi connectivity index (χ1v) is 6.45. The predicted octanol–water partition coefficient (Wildman–Crippen LogP) is 1.54. The highest BCUT2D eigenvalue weighted by molar-refractivity contribution is 5.78. The number of hydrogen-bond donors (Lipinski definition) is 4. The Hall–Kier alpha value is -1.75. The molecule has 1 fully saturated rings. The topological polar surface area (TPSA) is 86.7 Å². The molecule has 0 bridgehead atoms. The van der Waals surface area contributed by atoms with Crippen LogP contribution in [-0.4, -0.2) is 22.1 Å². The number of aromatic nitrogens is 2. The quantitative estimate of drug-likeness (QED) is 0.648. The van der Waals surface area contributed by atoms with Crippen LogP contribution in [0.4, 0.5) is 5.69 Å². The van der Waals surface area contributed by atoms with E-state index in [1.54, 1.807) is 0 Å². The van der Waals surface area contributed by atoms with Crippen molar-refractivity contribution in [1.29, 1.82) is 0 Å². The van der Waals surface area contributed by atoms with E-state index in [4.69, 9.17) is 5.73 Å². The lowest BCUT2D eigenvalue weighted by molar-refractivity contribution is 0.409. The molecule has 3 rings (SSSR count). The van der Waals surface area contributed by atoms with E-state index in [-0.39, 0.29) is 5.69 Å². The second-order valence-electron chi connectivity index (χ2n) is 5.11. The number of imidazole rings is 1. The molecule has 1 aromatic carbocycles. The average Bonchev–Trinajstić information content (AvgIpc) is 2.68. The molecule has 5 N–H and O–H groups in total. The van der Waals surface area contributed by atoms with E-state index in [9.17, 15) is 4.79 Å². The molecule has 0 radical (unpaired) electrons. The zero-order valence-electron chi connectivity index (χ0n) is 10.2. The summed E-state index contributed by atoms with van der Waals surface area (Å²) in [5.74, 6) is 0. The third kappa shape index (κ3) is 2.26. The van der Waals surface area contributed by atoms with Crippen molar-refractivity contribution in [1.82, 2.24) is 9.97 Å². The van der Waals surface area contributed by atoms with Crippen molar-refractivity contribution in [3.63, 3.8) is 0 Å². The van der Waals surface area contributed by atoms with Crippen LogP contribution in [0.5, 0.6) is 0 Å². The van der Waals surface area contributed by atoms with Gasteiger partial charge in [-0.15, -0.1) is 0 Å². The average molecular weight is 246 g/mol. The second kappa shape index (κ2) is 4.49. The first kappa shape index (κ1) is 11.3. The van der Waals surface area contributed by atoms with Gasteiger partial charge in [-0.2, -0.15) is 0 Å². The fraction of sp³-hybridized carbons (Fsp3) is 0.462. The fourth-order valence-corrected chi connectivity index (χ4v) is 2.72. The molecule has 0 saturated heterocycles. The molecule has 0 aliphatic heterocycles. The molecule has 5 heteroatoms. The second-order valence-corrected chi connectivity index (χ2v) is 5.11. The Bertz CT molecular complexity index is 600. The number of rotatable bonds is 2. The Labute approximate surface area is 105 Å². The number of anilines is 1. The highest BCUT2D eigenvalue weighted by Crippen LogP contribution is 2.22. The minimum absolute atomic E-state index is 0.165. The Morgan fingerprint density at radius 2 is 2.06 bits per heavy atom. The minimum Gasteiger partial charge on any atom is -0.382 e. The van der Waals surface area contributed by atoms with E-state index in [0.29, 0.717) is 12.1 Å². The first-order valence-electron chi connectivity index (χ1n) is 6.45. The van der Waals surface area contributed by atoms with Crippen LogP contribution < -0.4 is 16.7 Å². The summed E-state index contributed by atoms with van der Waals surface area (Å²) in [5, 5.41) is 3.50. The van der Waals surface area contributed by atoms with Gasteiger partial charge >= 0.3 is 5.69 Å². The van der Waals surface area contributed by atoms with Crippen molar-refractivity contribution in [3.05, 3.63) is 28.7 Å². The molecule has 5 nitrogen and oxygen atoms in total. The maximum Gasteiger partial charge on any atom is 0.323 e. The Balaban J connectivity index is 1.79. The van der Waals surface area contributed by atoms with Crippen LogP contribution in [0.1, 0.15) is 25.7 Å². The summed E-state index contributed by atoms with van der Waals surface area (Å²) in [4.78, 5) is 16.7. The number of nitrogens with two attached hydrogens (primary N) is 1. The molecule has 0 spiro atoms. The Morgan fingerprint density at radius 3 is 2.89 bits per heavy atom. The van der Waals surface area contributed by atoms with Crippen LogP contribution >= 0.6 is 0 Å². The number of aromatic amines is 2. The molecule has 2 aromatic rings. The van der Waals surface area contributed by atoms with Crippen LogP contribution in [0, 0.1) is 0 Å². The molecular weight excluding hydrogens is 228 g/mol. The van der Waals surface area contributed by atoms with Crippen LogP contribution in [0.25, 0.3) is 11.0 Å². The lowest BCUT2D eigenvalue weighted by Crippen LogP contribution is -2.34. The number of nitrogens with one attached hydrogen (secondary N) is 3. The molecule has 2 unspecified atom stereocenters. The van der Waals surface area contributed by atoms with Crippen molar-refractivity contribution >= 4 is 16.7 Å². The monoisotopic (exact) mass is 246 g/mol. The molecule has 0 amide bonds. The molecule has 1 aliphatic rings. The van der Waals surface area contributed by atoms with Gasteiger partial charge in [-0.1, -0.05) is 0 Å². The summed E-state index contributed by atoms with van der Waals surface area (Å²) in [6.45, 7) is 0. The summed E-state index contributed by atoms with van der Waals surface area (Å²) in [6.07, 6.45) is 4.49. The Morgan fingerprint density at radius 1 is 1.22 bits per heavy atom. The van der Waals surface area contributed by atoms with Gasteiger partial charge in [0.15, 0.2) is 0 Å². The van der Waals surface area contributed by atoms with Gasteiger partial charge in [-0.25, -0.2) is 4.79 Å². The van der Waals surface area contributed by atoms with Crippen molar-refractivity contribution in [3.8, 4) is 0 Å². The minimum atomic E-state index is -0.165. The molecule has 96 valence electrons. The number of H-pyrrole nitrogens is 2. The van der Waals surface area contributed by atoms with Crippen LogP contribution in [0.2, 0.25) is 0 Å². The SMILES string of the molecule is NC1CCCC(Nc2ccc3[nH]c(=O)[nH]c3c2)C1. The van der Waals surface area contributed by atoms with Gasteiger partial charge in [0.1, 0.15) is 0 Å². The molecule has 18 heavy (non-hydrogen) atoms. The number of benzene rings is 1. The summed E-state index contributed by atoms with van der Waals surface area (Å²) in [5.41, 5.74) is 8.53. The smallest absolute Gasteiger partial charge is 0.323 e. The van der Waals surface area contributed by atoms with Crippen LogP contribution in [0.3, 0.4) is 0 Å². The zero-order valence-corrected chi connectivity index (χ0v) is 10.2. The van der Waals surface area contributed by atoms with Gasteiger partial charge in [0.25, 0.3) is 0 Å². The summed E-state index contributed by atoms with van der Waals surface area (Å²) >= 11 is 0. The molecule has 1 saturated carbocycles.